The van der Waals surface area contributed by atoms with E-state index < -0.39 is 0 Å². The summed E-state index contributed by atoms with van der Waals surface area (Å²) in [6.45, 7) is 5.07. The molecule has 0 atom stereocenters. The molecule has 3 nitrogen and oxygen atoms in total. The van der Waals surface area contributed by atoms with Crippen LogP contribution in [0, 0.1) is 0 Å². The van der Waals surface area contributed by atoms with Gasteiger partial charge >= 0.3 is 0 Å². The summed E-state index contributed by atoms with van der Waals surface area (Å²) in [6, 6.07) is 7.03. The molecular formula is C13H19O3Si. The third kappa shape index (κ3) is 4.61. The summed E-state index contributed by atoms with van der Waals surface area (Å²) >= 11 is 0. The summed E-state index contributed by atoms with van der Waals surface area (Å²) in [6.07, 6.45) is 2.26. The van der Waals surface area contributed by atoms with Gasteiger partial charge in [-0.3, -0.25) is 4.79 Å². The van der Waals surface area contributed by atoms with Gasteiger partial charge in [-0.2, -0.15) is 0 Å². The minimum Gasteiger partial charge on any atom is -0.493 e. The minimum absolute atomic E-state index is 0.138. The third-order valence-corrected chi connectivity index (χ3v) is 3.90. The van der Waals surface area contributed by atoms with Crippen molar-refractivity contribution in [3.8, 4) is 11.5 Å². The summed E-state index contributed by atoms with van der Waals surface area (Å²) in [5, 5.41) is 0. The topological polar surface area (TPSA) is 35.5 Å². The van der Waals surface area contributed by atoms with Gasteiger partial charge in [0.1, 0.15) is 0 Å². The molecule has 0 aromatic heterocycles. The molecule has 1 aromatic carbocycles. The molecule has 0 bridgehead atoms. The fourth-order valence-electron chi connectivity index (χ4n) is 1.66. The van der Waals surface area contributed by atoms with Gasteiger partial charge in [0.05, 0.1) is 7.11 Å². The Morgan fingerprint density at radius 3 is 2.65 bits per heavy atom. The van der Waals surface area contributed by atoms with Gasteiger partial charge < -0.3 is 9.47 Å². The summed E-state index contributed by atoms with van der Waals surface area (Å²) in [4.78, 5) is 10.3. The van der Waals surface area contributed by atoms with Crippen LogP contribution in [0.3, 0.4) is 0 Å². The second kappa shape index (κ2) is 7.11. The molecule has 0 fully saturated rings. The number of rotatable bonds is 7. The Morgan fingerprint density at radius 1 is 1.29 bits per heavy atom. The summed E-state index contributed by atoms with van der Waals surface area (Å²) < 4.78 is 10.0. The van der Waals surface area contributed by atoms with E-state index in [0.29, 0.717) is 18.0 Å². The number of hydrogen-bond acceptors (Lipinski definition) is 3. The van der Waals surface area contributed by atoms with Crippen LogP contribution < -0.4 is 9.47 Å². The highest BCUT2D eigenvalue weighted by molar-refractivity contribution is 6.55. The SMILES string of the molecule is COc1cc(CCC[Si](C)C)ccc1OC=O. The van der Waals surface area contributed by atoms with Crippen molar-refractivity contribution in [2.45, 2.75) is 32.0 Å². The minimum atomic E-state index is -0.138. The zero-order chi connectivity index (χ0) is 12.7. The molecule has 0 saturated carbocycles. The first kappa shape index (κ1) is 13.8. The highest BCUT2D eigenvalue weighted by atomic mass is 28.3. The van der Waals surface area contributed by atoms with Gasteiger partial charge in [0.15, 0.2) is 11.5 Å². The Bertz CT molecular complexity index is 364. The Morgan fingerprint density at radius 2 is 2.06 bits per heavy atom. The number of carbonyl (C=O) groups is 1. The maximum atomic E-state index is 10.3. The van der Waals surface area contributed by atoms with Crippen LogP contribution in [-0.4, -0.2) is 22.4 Å². The Balaban J connectivity index is 2.65. The largest absolute Gasteiger partial charge is 0.493 e. The van der Waals surface area contributed by atoms with Crippen molar-refractivity contribution in [3.63, 3.8) is 0 Å². The average molecular weight is 251 g/mol. The normalized spacial score (nSPS) is 10.4. The van der Waals surface area contributed by atoms with E-state index in [4.69, 9.17) is 9.47 Å². The fourth-order valence-corrected chi connectivity index (χ4v) is 2.55. The Hall–Kier alpha value is -1.29. The molecule has 0 amide bonds. The number of carbonyl (C=O) groups excluding carboxylic acids is 1. The second-order valence-corrected chi connectivity index (χ2v) is 7.17. The van der Waals surface area contributed by atoms with E-state index in [0.717, 1.165) is 6.42 Å². The van der Waals surface area contributed by atoms with E-state index in [1.54, 1.807) is 13.2 Å². The van der Waals surface area contributed by atoms with E-state index in [1.165, 1.54) is 18.0 Å². The molecule has 0 aliphatic carbocycles. The van der Waals surface area contributed by atoms with Gasteiger partial charge in [0, 0.05) is 8.80 Å². The van der Waals surface area contributed by atoms with Crippen LogP contribution in [0.25, 0.3) is 0 Å². The molecule has 1 radical (unpaired) electrons. The highest BCUT2D eigenvalue weighted by Gasteiger charge is 2.06. The van der Waals surface area contributed by atoms with E-state index in [9.17, 15) is 4.79 Å². The summed E-state index contributed by atoms with van der Waals surface area (Å²) in [5.41, 5.74) is 1.23. The summed E-state index contributed by atoms with van der Waals surface area (Å²) in [5.74, 6) is 1.09. The molecule has 0 saturated heterocycles. The molecule has 0 aliphatic heterocycles. The average Bonchev–Trinajstić information content (AvgIpc) is 2.30. The number of benzene rings is 1. The number of aryl methyl sites for hydroxylation is 1. The van der Waals surface area contributed by atoms with Gasteiger partial charge in [-0.1, -0.05) is 31.6 Å². The van der Waals surface area contributed by atoms with Crippen LogP contribution in [0.4, 0.5) is 0 Å². The standard InChI is InChI=1S/C13H19O3Si/c1-15-13-9-11(5-4-8-17(2)3)6-7-12(13)16-10-14/h6-7,9-10H,4-5,8H2,1-3H3. The molecule has 0 unspecified atom stereocenters. The van der Waals surface area contributed by atoms with E-state index in [-0.39, 0.29) is 8.80 Å². The molecule has 4 heteroatoms. The maximum absolute atomic E-state index is 10.3. The van der Waals surface area contributed by atoms with E-state index >= 15 is 0 Å². The summed E-state index contributed by atoms with van der Waals surface area (Å²) in [7, 11) is 1.44. The lowest BCUT2D eigenvalue weighted by Gasteiger charge is -2.09. The molecule has 17 heavy (non-hydrogen) atoms. The smallest absolute Gasteiger partial charge is 0.298 e. The molecule has 1 rings (SSSR count). The highest BCUT2D eigenvalue weighted by Crippen LogP contribution is 2.28. The second-order valence-electron chi connectivity index (χ2n) is 4.26. The molecular weight excluding hydrogens is 232 g/mol. The zero-order valence-corrected chi connectivity index (χ0v) is 11.7. The molecule has 0 N–H and O–H groups in total. The van der Waals surface area contributed by atoms with Crippen LogP contribution in [0.15, 0.2) is 18.2 Å². The monoisotopic (exact) mass is 251 g/mol. The van der Waals surface area contributed by atoms with Crippen LogP contribution in [0.1, 0.15) is 12.0 Å². The van der Waals surface area contributed by atoms with Crippen molar-refractivity contribution in [1.82, 2.24) is 0 Å². The lowest BCUT2D eigenvalue weighted by molar-refractivity contribution is -0.120. The van der Waals surface area contributed by atoms with Crippen molar-refractivity contribution < 1.29 is 14.3 Å². The van der Waals surface area contributed by atoms with Crippen molar-refractivity contribution in [2.24, 2.45) is 0 Å². The van der Waals surface area contributed by atoms with Gasteiger partial charge in [0.2, 0.25) is 0 Å². The number of hydrogen-bond donors (Lipinski definition) is 0. The molecule has 0 heterocycles. The molecule has 0 aliphatic rings. The van der Waals surface area contributed by atoms with Crippen molar-refractivity contribution in [3.05, 3.63) is 23.8 Å². The first-order chi connectivity index (χ1) is 8.17. The quantitative estimate of drug-likeness (QED) is 0.552. The van der Waals surface area contributed by atoms with Crippen LogP contribution in [0.2, 0.25) is 19.1 Å². The van der Waals surface area contributed by atoms with Crippen LogP contribution >= 0.6 is 0 Å². The van der Waals surface area contributed by atoms with Gasteiger partial charge in [0.25, 0.3) is 6.47 Å². The lowest BCUT2D eigenvalue weighted by Crippen LogP contribution is -2.00. The number of ether oxygens (including phenoxy) is 2. The third-order valence-electron chi connectivity index (χ3n) is 2.55. The van der Waals surface area contributed by atoms with Crippen LogP contribution in [-0.2, 0) is 11.2 Å². The predicted molar refractivity (Wildman–Crippen MR) is 70.3 cm³/mol. The number of methoxy groups -OCH3 is 1. The Labute approximate surface area is 104 Å². The van der Waals surface area contributed by atoms with Crippen molar-refractivity contribution in [2.75, 3.05) is 7.11 Å². The van der Waals surface area contributed by atoms with Crippen molar-refractivity contribution >= 4 is 15.3 Å². The van der Waals surface area contributed by atoms with Gasteiger partial charge in [-0.15, -0.1) is 0 Å². The maximum Gasteiger partial charge on any atom is 0.298 e. The fraction of sp³-hybridized carbons (Fsp3) is 0.462. The zero-order valence-electron chi connectivity index (χ0n) is 10.7. The molecule has 93 valence electrons. The van der Waals surface area contributed by atoms with Gasteiger partial charge in [-0.25, -0.2) is 0 Å². The van der Waals surface area contributed by atoms with Crippen molar-refractivity contribution in [1.29, 1.82) is 0 Å². The van der Waals surface area contributed by atoms with Gasteiger partial charge in [-0.05, 0) is 24.1 Å². The molecule has 0 spiro atoms. The lowest BCUT2D eigenvalue weighted by atomic mass is 10.1. The first-order valence-corrected chi connectivity index (χ1v) is 8.44. The Kier molecular flexibility index (Phi) is 5.76. The van der Waals surface area contributed by atoms with E-state index in [1.807, 2.05) is 12.1 Å². The van der Waals surface area contributed by atoms with Crippen LogP contribution in [0.5, 0.6) is 11.5 Å². The molecule has 1 aromatic rings. The first-order valence-electron chi connectivity index (χ1n) is 5.73. The predicted octanol–water partition coefficient (Wildman–Crippen LogP) is 2.92. The van der Waals surface area contributed by atoms with E-state index in [2.05, 4.69) is 13.1 Å².